The van der Waals surface area contributed by atoms with E-state index in [1.54, 1.807) is 10.6 Å². The van der Waals surface area contributed by atoms with E-state index in [0.29, 0.717) is 6.54 Å². The molecule has 3 aromatic rings. The summed E-state index contributed by atoms with van der Waals surface area (Å²) in [6, 6.07) is 7.64. The number of aromatic carboxylic acids is 1. The van der Waals surface area contributed by atoms with Crippen LogP contribution in [0.3, 0.4) is 0 Å². The largest absolute Gasteiger partial charge is 0.477 e. The molecule has 0 radical (unpaired) electrons. The molecule has 0 saturated heterocycles. The molecule has 0 atom stereocenters. The van der Waals surface area contributed by atoms with Crippen LogP contribution in [0.15, 0.2) is 28.8 Å². The van der Waals surface area contributed by atoms with Gasteiger partial charge in [-0.2, -0.15) is 0 Å². The predicted octanol–water partition coefficient (Wildman–Crippen LogP) is 3.30. The summed E-state index contributed by atoms with van der Waals surface area (Å²) in [6.45, 7) is 6.13. The maximum atomic E-state index is 11.5. The maximum absolute atomic E-state index is 11.5. The summed E-state index contributed by atoms with van der Waals surface area (Å²) >= 11 is 0. The summed E-state index contributed by atoms with van der Waals surface area (Å²) in [4.78, 5) is 11.5. The average molecular weight is 284 g/mol. The molecule has 5 heteroatoms. The molecule has 3 rings (SSSR count). The smallest absolute Gasteiger partial charge is 0.352 e. The lowest BCUT2D eigenvalue weighted by atomic mass is 10.2. The van der Waals surface area contributed by atoms with E-state index in [1.807, 2.05) is 39.0 Å². The molecule has 21 heavy (non-hydrogen) atoms. The van der Waals surface area contributed by atoms with Gasteiger partial charge in [0.05, 0.1) is 12.2 Å². The second-order valence-corrected chi connectivity index (χ2v) is 5.29. The van der Waals surface area contributed by atoms with E-state index >= 15 is 0 Å². The third kappa shape index (κ3) is 2.20. The third-order valence-electron chi connectivity index (χ3n) is 3.77. The van der Waals surface area contributed by atoms with Crippen molar-refractivity contribution >= 4 is 16.9 Å². The normalized spacial score (nSPS) is 11.2. The second-order valence-electron chi connectivity index (χ2n) is 5.29. The number of aromatic nitrogens is 2. The van der Waals surface area contributed by atoms with Crippen LogP contribution in [0.5, 0.6) is 0 Å². The van der Waals surface area contributed by atoms with Gasteiger partial charge in [0, 0.05) is 16.5 Å². The molecule has 2 aromatic heterocycles. The Morgan fingerprint density at radius 3 is 2.67 bits per heavy atom. The van der Waals surface area contributed by atoms with Gasteiger partial charge in [0.15, 0.2) is 0 Å². The fourth-order valence-corrected chi connectivity index (χ4v) is 2.62. The highest BCUT2D eigenvalue weighted by Gasteiger charge is 2.18. The first-order valence-corrected chi connectivity index (χ1v) is 6.72. The third-order valence-corrected chi connectivity index (χ3v) is 3.77. The molecule has 0 bridgehead atoms. The van der Waals surface area contributed by atoms with Gasteiger partial charge in [-0.25, -0.2) is 4.79 Å². The van der Waals surface area contributed by atoms with E-state index in [9.17, 15) is 9.90 Å². The van der Waals surface area contributed by atoms with Crippen LogP contribution in [-0.4, -0.2) is 20.8 Å². The summed E-state index contributed by atoms with van der Waals surface area (Å²) < 4.78 is 6.96. The first-order valence-electron chi connectivity index (χ1n) is 6.72. The first-order chi connectivity index (χ1) is 9.97. The van der Waals surface area contributed by atoms with Crippen LogP contribution in [0.2, 0.25) is 0 Å². The Morgan fingerprint density at radius 1 is 1.29 bits per heavy atom. The van der Waals surface area contributed by atoms with Crippen LogP contribution in [0.25, 0.3) is 10.9 Å². The minimum Gasteiger partial charge on any atom is -0.477 e. The maximum Gasteiger partial charge on any atom is 0.352 e. The summed E-state index contributed by atoms with van der Waals surface area (Å²) in [7, 11) is 0. The highest BCUT2D eigenvalue weighted by Crippen LogP contribution is 2.24. The van der Waals surface area contributed by atoms with Crippen molar-refractivity contribution < 1.29 is 14.4 Å². The minimum absolute atomic E-state index is 0.274. The van der Waals surface area contributed by atoms with Gasteiger partial charge in [-0.15, -0.1) is 0 Å². The summed E-state index contributed by atoms with van der Waals surface area (Å²) in [5.74, 6) is -0.214. The quantitative estimate of drug-likeness (QED) is 0.801. The molecule has 108 valence electrons. The van der Waals surface area contributed by atoms with Crippen molar-refractivity contribution in [2.45, 2.75) is 27.3 Å². The van der Waals surface area contributed by atoms with E-state index in [0.717, 1.165) is 33.5 Å². The van der Waals surface area contributed by atoms with Gasteiger partial charge in [0.25, 0.3) is 0 Å². The molecule has 0 aliphatic heterocycles. The molecule has 0 amide bonds. The molecule has 1 aromatic carbocycles. The Bertz CT molecular complexity index is 823. The molecule has 1 N–H and O–H groups in total. The van der Waals surface area contributed by atoms with Crippen molar-refractivity contribution in [1.82, 2.24) is 9.72 Å². The average Bonchev–Trinajstić information content (AvgIpc) is 2.94. The lowest BCUT2D eigenvalue weighted by molar-refractivity contribution is 0.0686. The van der Waals surface area contributed by atoms with Gasteiger partial charge in [-0.05, 0) is 39.0 Å². The van der Waals surface area contributed by atoms with Gasteiger partial charge in [-0.3, -0.25) is 0 Å². The topological polar surface area (TPSA) is 68.3 Å². The Kier molecular flexibility index (Phi) is 3.05. The van der Waals surface area contributed by atoms with Crippen LogP contribution in [0, 0.1) is 20.8 Å². The summed E-state index contributed by atoms with van der Waals surface area (Å²) in [5.41, 5.74) is 4.00. The van der Waals surface area contributed by atoms with E-state index in [-0.39, 0.29) is 5.69 Å². The van der Waals surface area contributed by atoms with Crippen molar-refractivity contribution in [1.29, 1.82) is 0 Å². The lowest BCUT2D eigenvalue weighted by Gasteiger charge is -2.08. The molecule has 0 aliphatic carbocycles. The highest BCUT2D eigenvalue weighted by molar-refractivity contribution is 5.95. The lowest BCUT2D eigenvalue weighted by Crippen LogP contribution is -2.10. The molecule has 2 heterocycles. The van der Waals surface area contributed by atoms with E-state index in [2.05, 4.69) is 5.16 Å². The zero-order valence-corrected chi connectivity index (χ0v) is 12.2. The Hall–Kier alpha value is -2.56. The van der Waals surface area contributed by atoms with Crippen LogP contribution in [0.4, 0.5) is 0 Å². The molecular weight excluding hydrogens is 268 g/mol. The first kappa shape index (κ1) is 13.4. The monoisotopic (exact) mass is 284 g/mol. The number of fused-ring (bicyclic) bond motifs is 1. The molecule has 0 unspecified atom stereocenters. The van der Waals surface area contributed by atoms with Crippen LogP contribution in [-0.2, 0) is 6.54 Å². The Morgan fingerprint density at radius 2 is 2.05 bits per heavy atom. The number of hydrogen-bond acceptors (Lipinski definition) is 3. The van der Waals surface area contributed by atoms with Crippen LogP contribution >= 0.6 is 0 Å². The fraction of sp³-hybridized carbons (Fsp3) is 0.250. The van der Waals surface area contributed by atoms with Crippen molar-refractivity contribution in [3.8, 4) is 0 Å². The van der Waals surface area contributed by atoms with Crippen LogP contribution < -0.4 is 0 Å². The number of nitrogens with zero attached hydrogens (tertiary/aromatic N) is 2. The number of rotatable bonds is 3. The molecule has 0 saturated carbocycles. The fourth-order valence-electron chi connectivity index (χ4n) is 2.62. The summed E-state index contributed by atoms with van der Waals surface area (Å²) in [6.07, 6.45) is 0. The van der Waals surface area contributed by atoms with Gasteiger partial charge < -0.3 is 14.2 Å². The number of aryl methyl sites for hydroxylation is 3. The Balaban J connectivity index is 2.20. The number of carboxylic acid groups (broad SMARTS) is 1. The standard InChI is InChI=1S/C16H16N2O3/c1-9-4-5-14-12(6-9)7-15(16(19)20)18(14)8-13-10(2)17-21-11(13)3/h4-7H,8H2,1-3H3,(H,19,20). The van der Waals surface area contributed by atoms with Crippen molar-refractivity contribution in [3.63, 3.8) is 0 Å². The molecular formula is C16H16N2O3. The van der Waals surface area contributed by atoms with Gasteiger partial charge in [-0.1, -0.05) is 16.8 Å². The van der Waals surface area contributed by atoms with Crippen LogP contribution in [0.1, 0.15) is 33.1 Å². The summed E-state index contributed by atoms with van der Waals surface area (Å²) in [5, 5.41) is 14.3. The van der Waals surface area contributed by atoms with Crippen molar-refractivity contribution in [2.75, 3.05) is 0 Å². The minimum atomic E-state index is -0.935. The van der Waals surface area contributed by atoms with Crippen molar-refractivity contribution in [3.05, 3.63) is 52.5 Å². The molecule has 5 nitrogen and oxygen atoms in total. The second kappa shape index (κ2) is 4.77. The molecule has 0 spiro atoms. The zero-order chi connectivity index (χ0) is 15.1. The number of carboxylic acids is 1. The van der Waals surface area contributed by atoms with E-state index < -0.39 is 5.97 Å². The van der Waals surface area contributed by atoms with Crippen molar-refractivity contribution in [2.24, 2.45) is 0 Å². The number of hydrogen-bond donors (Lipinski definition) is 1. The van der Waals surface area contributed by atoms with E-state index in [4.69, 9.17) is 4.52 Å². The SMILES string of the molecule is Cc1ccc2c(c1)cc(C(=O)O)n2Cc1c(C)noc1C. The van der Waals surface area contributed by atoms with Gasteiger partial charge in [0.2, 0.25) is 0 Å². The molecule has 0 fully saturated rings. The van der Waals surface area contributed by atoms with Gasteiger partial charge in [0.1, 0.15) is 11.5 Å². The zero-order valence-electron chi connectivity index (χ0n) is 12.2. The van der Waals surface area contributed by atoms with E-state index in [1.165, 1.54) is 0 Å². The molecule has 0 aliphatic rings. The highest BCUT2D eigenvalue weighted by atomic mass is 16.5. The number of benzene rings is 1. The Labute approximate surface area is 121 Å². The van der Waals surface area contributed by atoms with Gasteiger partial charge >= 0.3 is 5.97 Å². The predicted molar refractivity (Wildman–Crippen MR) is 78.7 cm³/mol. The number of carbonyl (C=O) groups is 1.